The van der Waals surface area contributed by atoms with Gasteiger partial charge in [-0.05, 0) is 0 Å². The minimum atomic E-state index is 0.212. The van der Waals surface area contributed by atoms with Crippen LogP contribution in [0.5, 0.6) is 0 Å². The molecule has 10 heavy (non-hydrogen) atoms. The van der Waals surface area contributed by atoms with Crippen LogP contribution in [0.15, 0.2) is 0 Å². The van der Waals surface area contributed by atoms with Crippen LogP contribution in [0.25, 0.3) is 0 Å². The molecule has 1 rings (SSSR count). The van der Waals surface area contributed by atoms with Gasteiger partial charge in [0.25, 0.3) is 0 Å². The summed E-state index contributed by atoms with van der Waals surface area (Å²) in [6, 6.07) is 0. The quantitative estimate of drug-likeness (QED) is 0.371. The van der Waals surface area contributed by atoms with E-state index in [0.717, 1.165) is 10.0 Å². The summed E-state index contributed by atoms with van der Waals surface area (Å²) in [7, 11) is 0. The number of aromatic nitrogens is 2. The third-order valence-electron chi connectivity index (χ3n) is 1.06. The first-order valence-electron chi connectivity index (χ1n) is 2.56. The van der Waals surface area contributed by atoms with Crippen LogP contribution >= 0.6 is 23.2 Å². The van der Waals surface area contributed by atoms with Crippen molar-refractivity contribution in [3.63, 3.8) is 0 Å². The van der Waals surface area contributed by atoms with Crippen molar-refractivity contribution in [2.75, 3.05) is 0 Å². The van der Waals surface area contributed by atoms with Gasteiger partial charge in [0.2, 0.25) is 0 Å². The predicted octanol–water partition coefficient (Wildman–Crippen LogP) is 0.350. The van der Waals surface area contributed by atoms with Crippen molar-refractivity contribution >= 4 is 44.4 Å². The van der Waals surface area contributed by atoms with E-state index in [2.05, 4.69) is 9.97 Å². The third-order valence-corrected chi connectivity index (χ3v) is 3.35. The molecule has 1 aromatic heterocycles. The predicted molar refractivity (Wildman–Crippen MR) is 45.0 cm³/mol. The Balaban J connectivity index is 3.31. The molecule has 1 heterocycles. The molecule has 5 heteroatoms. The van der Waals surface area contributed by atoms with Gasteiger partial charge >= 0.3 is 77.4 Å². The van der Waals surface area contributed by atoms with Crippen molar-refractivity contribution in [1.82, 2.24) is 9.97 Å². The fraction of sp³-hybridized carbons (Fsp3) is 0.200. The van der Waals surface area contributed by atoms with Crippen LogP contribution in [0.2, 0.25) is 10.4 Å². The summed E-state index contributed by atoms with van der Waals surface area (Å²) in [5, 5.41) is 0.668. The van der Waals surface area contributed by atoms with E-state index in [1.165, 1.54) is 16.9 Å². The fourth-order valence-electron chi connectivity index (χ4n) is 0.514. The van der Waals surface area contributed by atoms with Crippen molar-refractivity contribution in [2.24, 2.45) is 0 Å². The number of rotatable bonds is 0. The van der Waals surface area contributed by atoms with E-state index in [0.29, 0.717) is 5.15 Å². The second kappa shape index (κ2) is 3.08. The molecule has 0 fully saturated rings. The van der Waals surface area contributed by atoms with Crippen molar-refractivity contribution in [3.8, 4) is 0 Å². The summed E-state index contributed by atoms with van der Waals surface area (Å²) >= 11 is 12.6. The Hall–Kier alpha value is 0.218. The first kappa shape index (κ1) is 8.32. The first-order chi connectivity index (χ1) is 4.61. The monoisotopic (exact) mass is 238 g/mol. The van der Waals surface area contributed by atoms with E-state index in [1.54, 1.807) is 0 Å². The van der Waals surface area contributed by atoms with Crippen LogP contribution in [0.4, 0.5) is 0 Å². The molecule has 2 nitrogen and oxygen atoms in total. The van der Waals surface area contributed by atoms with E-state index in [9.17, 15) is 0 Å². The van der Waals surface area contributed by atoms with Crippen LogP contribution in [0, 0.1) is 6.92 Å². The molecule has 0 saturated heterocycles. The second-order valence-corrected chi connectivity index (χ2v) is 3.69. The number of hydrogen-bond acceptors (Lipinski definition) is 2. The molecule has 0 saturated carbocycles. The summed E-state index contributed by atoms with van der Waals surface area (Å²) in [6.07, 6.45) is 0. The van der Waals surface area contributed by atoms with E-state index in [-0.39, 0.29) is 5.28 Å². The Morgan fingerprint density at radius 1 is 1.30 bits per heavy atom. The molecule has 0 spiro atoms. The molecule has 0 radical (unpaired) electrons. The van der Waals surface area contributed by atoms with Gasteiger partial charge in [-0.15, -0.1) is 0 Å². The van der Waals surface area contributed by atoms with Gasteiger partial charge in [0.15, 0.2) is 0 Å². The molecule has 0 N–H and O–H groups in total. The van der Waals surface area contributed by atoms with Gasteiger partial charge in [-0.2, -0.15) is 0 Å². The fourth-order valence-corrected chi connectivity index (χ4v) is 1.26. The third kappa shape index (κ3) is 1.63. The summed E-state index contributed by atoms with van der Waals surface area (Å²) in [6.45, 7) is 1.86. The second-order valence-electron chi connectivity index (χ2n) is 1.78. The van der Waals surface area contributed by atoms with Crippen molar-refractivity contribution in [1.29, 1.82) is 0 Å². The van der Waals surface area contributed by atoms with Crippen LogP contribution in [0.3, 0.4) is 0 Å². The normalized spacial score (nSPS) is 10.0. The van der Waals surface area contributed by atoms with E-state index < -0.39 is 0 Å². The SMILES string of the molecule is Cc1nc(Cl)nc(Cl)c1[AsH2]. The Bertz CT molecular complexity index is 241. The molecule has 1 unspecified atom stereocenters. The zero-order chi connectivity index (χ0) is 7.72. The summed E-state index contributed by atoms with van der Waals surface area (Å²) in [5.74, 6) is 0. The van der Waals surface area contributed by atoms with Crippen molar-refractivity contribution in [2.45, 2.75) is 6.92 Å². The van der Waals surface area contributed by atoms with E-state index >= 15 is 0 Å². The molecule has 0 amide bonds. The molecular weight excluding hydrogens is 234 g/mol. The average molecular weight is 239 g/mol. The maximum atomic E-state index is 5.70. The zero-order valence-electron chi connectivity index (χ0n) is 5.23. The van der Waals surface area contributed by atoms with Crippen LogP contribution < -0.4 is 4.35 Å². The van der Waals surface area contributed by atoms with Crippen molar-refractivity contribution in [3.05, 3.63) is 16.1 Å². The standard InChI is InChI=1S/C5H5AsCl2N2/c1-2-3(6)4(7)10-5(8)9-2/h6H2,1H3. The van der Waals surface area contributed by atoms with Gasteiger partial charge in [0, 0.05) is 0 Å². The molecule has 0 aliphatic carbocycles. The topological polar surface area (TPSA) is 25.8 Å². The Kier molecular flexibility index (Phi) is 2.56. The van der Waals surface area contributed by atoms with Gasteiger partial charge in [-0.1, -0.05) is 0 Å². The number of nitrogens with zero attached hydrogens (tertiary/aromatic N) is 2. The Morgan fingerprint density at radius 3 is 2.40 bits per heavy atom. The van der Waals surface area contributed by atoms with Crippen LogP contribution in [-0.4, -0.2) is 26.8 Å². The number of halogens is 2. The van der Waals surface area contributed by atoms with Gasteiger partial charge in [-0.25, -0.2) is 0 Å². The molecular formula is C5H5AsCl2N2. The molecule has 54 valence electrons. The molecule has 0 aliphatic heterocycles. The van der Waals surface area contributed by atoms with Gasteiger partial charge in [-0.3, -0.25) is 0 Å². The van der Waals surface area contributed by atoms with Crippen molar-refractivity contribution < 1.29 is 0 Å². The molecule has 0 aliphatic rings. The molecule has 1 aromatic rings. The van der Waals surface area contributed by atoms with E-state index in [1.807, 2.05) is 6.92 Å². The molecule has 1 atom stereocenters. The van der Waals surface area contributed by atoms with Crippen LogP contribution in [0.1, 0.15) is 5.69 Å². The van der Waals surface area contributed by atoms with Gasteiger partial charge in [0.1, 0.15) is 0 Å². The maximum absolute atomic E-state index is 5.70. The number of hydrogen-bond donors (Lipinski definition) is 0. The Morgan fingerprint density at radius 2 is 1.90 bits per heavy atom. The summed E-state index contributed by atoms with van der Waals surface area (Å²) in [4.78, 5) is 7.69. The zero-order valence-corrected chi connectivity index (χ0v) is 9.16. The minimum absolute atomic E-state index is 0.212. The van der Waals surface area contributed by atoms with Crippen LogP contribution in [-0.2, 0) is 0 Å². The van der Waals surface area contributed by atoms with Gasteiger partial charge in [0.05, 0.1) is 0 Å². The number of aryl methyl sites for hydroxylation is 1. The first-order valence-corrected chi connectivity index (χ1v) is 4.53. The Labute approximate surface area is 77.5 Å². The molecule has 0 bridgehead atoms. The summed E-state index contributed by atoms with van der Waals surface area (Å²) < 4.78 is 0.943. The van der Waals surface area contributed by atoms with Gasteiger partial charge < -0.3 is 0 Å². The summed E-state index contributed by atoms with van der Waals surface area (Å²) in [5.41, 5.74) is 0.852. The molecule has 0 aromatic carbocycles. The van der Waals surface area contributed by atoms with E-state index in [4.69, 9.17) is 23.2 Å². The average Bonchev–Trinajstić information content (AvgIpc) is 1.82.